The van der Waals surface area contributed by atoms with E-state index in [1.807, 2.05) is 24.4 Å². The van der Waals surface area contributed by atoms with Crippen molar-refractivity contribution < 1.29 is 5.11 Å². The van der Waals surface area contributed by atoms with Crippen molar-refractivity contribution in [3.8, 4) is 0 Å². The Kier molecular flexibility index (Phi) is 9.44. The average Bonchev–Trinajstić information content (AvgIpc) is 2.71. The van der Waals surface area contributed by atoms with E-state index in [0.717, 1.165) is 36.6 Å². The Balaban J connectivity index is 0.00000280. The number of hydrogen-bond donors (Lipinski definition) is 3. The molecule has 1 aromatic heterocycles. The lowest BCUT2D eigenvalue weighted by Crippen LogP contribution is -2.45. The van der Waals surface area contributed by atoms with Crippen LogP contribution in [0.1, 0.15) is 51.1 Å². The predicted molar refractivity (Wildman–Crippen MR) is 127 cm³/mol. The van der Waals surface area contributed by atoms with Gasteiger partial charge in [0.1, 0.15) is 0 Å². The number of pyridine rings is 1. The number of hydrogen-bond acceptors (Lipinski definition) is 3. The maximum atomic E-state index is 9.52. The predicted octanol–water partition coefficient (Wildman–Crippen LogP) is 4.24. The smallest absolute Gasteiger partial charge is 0.191 e. The number of nitrogens with one attached hydrogen (secondary N) is 2. The molecule has 1 heterocycles. The van der Waals surface area contributed by atoms with Crippen LogP contribution in [0.4, 0.5) is 0 Å². The van der Waals surface area contributed by atoms with Crippen LogP contribution in [0.2, 0.25) is 0 Å². The molecule has 0 saturated heterocycles. The van der Waals surface area contributed by atoms with Crippen LogP contribution in [0.3, 0.4) is 0 Å². The fourth-order valence-corrected chi connectivity index (χ4v) is 4.13. The lowest BCUT2D eigenvalue weighted by molar-refractivity contribution is 0.131. The number of benzene rings is 1. The molecule has 1 aliphatic carbocycles. The summed E-state index contributed by atoms with van der Waals surface area (Å²) in [6.07, 6.45) is 8.92. The molecule has 0 amide bonds. The summed E-state index contributed by atoms with van der Waals surface area (Å²) in [5.41, 5.74) is 1.19. The zero-order chi connectivity index (χ0) is 19.0. The van der Waals surface area contributed by atoms with Crippen molar-refractivity contribution in [1.29, 1.82) is 0 Å². The van der Waals surface area contributed by atoms with Crippen LogP contribution in [0.15, 0.2) is 41.5 Å². The molecule has 5 nitrogen and oxygen atoms in total. The number of fused-ring (bicyclic) bond motifs is 1. The van der Waals surface area contributed by atoms with Gasteiger partial charge in [-0.1, -0.05) is 43.5 Å². The molecule has 0 unspecified atom stereocenters. The zero-order valence-electron chi connectivity index (χ0n) is 16.8. The quantitative estimate of drug-likeness (QED) is 0.305. The van der Waals surface area contributed by atoms with Crippen molar-refractivity contribution in [2.75, 3.05) is 19.7 Å². The Bertz CT molecular complexity index is 748. The summed E-state index contributed by atoms with van der Waals surface area (Å²) in [6.45, 7) is 4.57. The van der Waals surface area contributed by atoms with E-state index >= 15 is 0 Å². The molecule has 0 bridgehead atoms. The molecule has 3 rings (SSSR count). The minimum atomic E-state index is 0. The summed E-state index contributed by atoms with van der Waals surface area (Å²) in [7, 11) is 0. The number of aliphatic hydroxyl groups is 1. The first-order valence-corrected chi connectivity index (χ1v) is 10.2. The molecule has 0 radical (unpaired) electrons. The normalized spacial score (nSPS) is 16.4. The molecule has 1 aromatic carbocycles. The van der Waals surface area contributed by atoms with E-state index in [2.05, 4.69) is 34.7 Å². The molecule has 3 N–H and O–H groups in total. The van der Waals surface area contributed by atoms with Gasteiger partial charge in [0, 0.05) is 31.3 Å². The van der Waals surface area contributed by atoms with Crippen molar-refractivity contribution in [2.24, 2.45) is 10.4 Å². The number of aliphatic imine (C=N–C) groups is 1. The SMILES string of the molecule is CCNC(=NCc1nccc2ccccc12)NCC1(CCO)CCCCC1.I. The Morgan fingerprint density at radius 3 is 2.68 bits per heavy atom. The molecule has 6 heteroatoms. The second kappa shape index (κ2) is 11.6. The van der Waals surface area contributed by atoms with Crippen molar-refractivity contribution in [2.45, 2.75) is 52.0 Å². The highest BCUT2D eigenvalue weighted by atomic mass is 127. The van der Waals surface area contributed by atoms with Crippen molar-refractivity contribution in [3.63, 3.8) is 0 Å². The fraction of sp³-hybridized carbons (Fsp3) is 0.545. The van der Waals surface area contributed by atoms with Gasteiger partial charge in [-0.3, -0.25) is 4.98 Å². The monoisotopic (exact) mass is 496 g/mol. The molecule has 28 heavy (non-hydrogen) atoms. The molecule has 0 spiro atoms. The van der Waals surface area contributed by atoms with Crippen LogP contribution >= 0.6 is 24.0 Å². The number of rotatable bonds is 7. The van der Waals surface area contributed by atoms with Crippen LogP contribution in [0.25, 0.3) is 10.8 Å². The van der Waals surface area contributed by atoms with Gasteiger partial charge in [0.15, 0.2) is 5.96 Å². The van der Waals surface area contributed by atoms with Gasteiger partial charge in [0.25, 0.3) is 0 Å². The summed E-state index contributed by atoms with van der Waals surface area (Å²) < 4.78 is 0. The van der Waals surface area contributed by atoms with Gasteiger partial charge in [-0.05, 0) is 43.1 Å². The first-order chi connectivity index (χ1) is 13.3. The minimum Gasteiger partial charge on any atom is -0.396 e. The Labute approximate surface area is 185 Å². The van der Waals surface area contributed by atoms with Crippen LogP contribution in [-0.4, -0.2) is 35.7 Å². The third-order valence-corrected chi connectivity index (χ3v) is 5.67. The second-order valence-electron chi connectivity index (χ2n) is 7.56. The van der Waals surface area contributed by atoms with Gasteiger partial charge in [-0.25, -0.2) is 4.99 Å². The van der Waals surface area contributed by atoms with E-state index in [9.17, 15) is 5.11 Å². The Morgan fingerprint density at radius 1 is 1.14 bits per heavy atom. The molecule has 1 aliphatic rings. The maximum Gasteiger partial charge on any atom is 0.191 e. The summed E-state index contributed by atoms with van der Waals surface area (Å²) >= 11 is 0. The Morgan fingerprint density at radius 2 is 1.93 bits per heavy atom. The van der Waals surface area contributed by atoms with Gasteiger partial charge in [-0.15, -0.1) is 24.0 Å². The van der Waals surface area contributed by atoms with E-state index in [4.69, 9.17) is 4.99 Å². The zero-order valence-corrected chi connectivity index (χ0v) is 19.1. The number of nitrogens with zero attached hydrogens (tertiary/aromatic N) is 2. The van der Waals surface area contributed by atoms with Crippen LogP contribution in [-0.2, 0) is 6.54 Å². The highest BCUT2D eigenvalue weighted by molar-refractivity contribution is 14.0. The topological polar surface area (TPSA) is 69.5 Å². The fourth-order valence-electron chi connectivity index (χ4n) is 4.13. The summed E-state index contributed by atoms with van der Waals surface area (Å²) in [5, 5.41) is 18.8. The first-order valence-electron chi connectivity index (χ1n) is 10.2. The van der Waals surface area contributed by atoms with Crippen LogP contribution in [0.5, 0.6) is 0 Å². The molecule has 2 aromatic rings. The highest BCUT2D eigenvalue weighted by Gasteiger charge is 2.31. The summed E-state index contributed by atoms with van der Waals surface area (Å²) in [5.74, 6) is 0.829. The lowest BCUT2D eigenvalue weighted by atomic mass is 9.72. The summed E-state index contributed by atoms with van der Waals surface area (Å²) in [6, 6.07) is 10.3. The van der Waals surface area contributed by atoms with Crippen LogP contribution < -0.4 is 10.6 Å². The summed E-state index contributed by atoms with van der Waals surface area (Å²) in [4.78, 5) is 9.32. The van der Waals surface area contributed by atoms with Crippen molar-refractivity contribution in [1.82, 2.24) is 15.6 Å². The van der Waals surface area contributed by atoms with Crippen molar-refractivity contribution in [3.05, 3.63) is 42.2 Å². The van der Waals surface area contributed by atoms with Gasteiger partial charge < -0.3 is 15.7 Å². The molecular weight excluding hydrogens is 463 g/mol. The number of aromatic nitrogens is 1. The van der Waals surface area contributed by atoms with Gasteiger partial charge in [0.05, 0.1) is 12.2 Å². The molecule has 0 atom stereocenters. The molecule has 154 valence electrons. The van der Waals surface area contributed by atoms with Gasteiger partial charge in [0.2, 0.25) is 0 Å². The van der Waals surface area contributed by atoms with Crippen molar-refractivity contribution >= 4 is 40.7 Å². The number of halogens is 1. The van der Waals surface area contributed by atoms with Crippen LogP contribution in [0, 0.1) is 5.41 Å². The Hall–Kier alpha value is -1.41. The molecule has 1 fully saturated rings. The van der Waals surface area contributed by atoms with E-state index in [1.165, 1.54) is 37.5 Å². The molecule has 0 aliphatic heterocycles. The highest BCUT2D eigenvalue weighted by Crippen LogP contribution is 2.38. The first kappa shape index (κ1) is 22.9. The average molecular weight is 496 g/mol. The molecule has 1 saturated carbocycles. The third kappa shape index (κ3) is 6.04. The standard InChI is InChI=1S/C22H32N4O.HI/c1-2-23-21(26-17-22(13-15-27)11-6-3-7-12-22)25-16-20-19-9-5-4-8-18(19)10-14-24-20;/h4-5,8-10,14,27H,2-3,6-7,11-13,15-17H2,1H3,(H2,23,25,26);1H. The largest absolute Gasteiger partial charge is 0.396 e. The second-order valence-corrected chi connectivity index (χ2v) is 7.56. The molecular formula is C22H33IN4O. The van der Waals surface area contributed by atoms with Gasteiger partial charge >= 0.3 is 0 Å². The van der Waals surface area contributed by atoms with E-state index < -0.39 is 0 Å². The lowest BCUT2D eigenvalue weighted by Gasteiger charge is -2.37. The number of aliphatic hydroxyl groups excluding tert-OH is 1. The van der Waals surface area contributed by atoms with E-state index in [1.54, 1.807) is 0 Å². The van der Waals surface area contributed by atoms with E-state index in [-0.39, 0.29) is 36.0 Å². The number of guanidine groups is 1. The third-order valence-electron chi connectivity index (χ3n) is 5.67. The van der Waals surface area contributed by atoms with E-state index in [0.29, 0.717) is 6.54 Å². The van der Waals surface area contributed by atoms with Gasteiger partial charge in [-0.2, -0.15) is 0 Å². The maximum absolute atomic E-state index is 9.52. The minimum absolute atomic E-state index is 0.